The lowest BCUT2D eigenvalue weighted by molar-refractivity contribution is -0.155. The first-order chi connectivity index (χ1) is 17.7. The number of esters is 3. The van der Waals surface area contributed by atoms with E-state index in [0.29, 0.717) is 12.0 Å². The minimum absolute atomic E-state index is 0.0112. The molecule has 39 heavy (non-hydrogen) atoms. The molecule has 2 unspecified atom stereocenters. The number of benzene rings is 1. The van der Waals surface area contributed by atoms with E-state index in [1.54, 1.807) is 26.8 Å². The Morgan fingerprint density at radius 3 is 1.79 bits per heavy atom. The monoisotopic (exact) mass is 549 g/mol. The highest BCUT2D eigenvalue weighted by Gasteiger charge is 2.34. The van der Waals surface area contributed by atoms with Crippen molar-refractivity contribution < 1.29 is 38.5 Å². The van der Waals surface area contributed by atoms with Crippen LogP contribution in [0.3, 0.4) is 0 Å². The minimum atomic E-state index is -1.34. The number of carbonyl (C=O) groups excluding carboxylic acids is 3. The molecule has 220 valence electrons. The van der Waals surface area contributed by atoms with Crippen molar-refractivity contribution in [1.82, 2.24) is 0 Å². The van der Waals surface area contributed by atoms with Crippen LogP contribution in [0.1, 0.15) is 100.0 Å². The third-order valence-corrected chi connectivity index (χ3v) is 6.35. The van der Waals surface area contributed by atoms with Crippen LogP contribution >= 0.6 is 0 Å². The van der Waals surface area contributed by atoms with Crippen LogP contribution in [0.2, 0.25) is 0 Å². The van der Waals surface area contributed by atoms with Crippen LogP contribution in [0.15, 0.2) is 18.2 Å². The normalized spacial score (nSPS) is 14.6. The van der Waals surface area contributed by atoms with Gasteiger partial charge in [0.15, 0.2) is 11.5 Å². The number of ether oxygens (including phenoxy) is 3. The first kappa shape index (κ1) is 34.1. The number of rotatable bonds is 12. The highest BCUT2D eigenvalue weighted by Crippen LogP contribution is 2.37. The maximum Gasteiger partial charge on any atom is 0.321 e. The summed E-state index contributed by atoms with van der Waals surface area (Å²) in [5, 5.41) is 9.74. The topological polar surface area (TPSA) is 142 Å². The Bertz CT molecular complexity index is 1030. The molecular formula is C30H47NO8. The highest BCUT2D eigenvalue weighted by atomic mass is 16.6. The van der Waals surface area contributed by atoms with Crippen LogP contribution in [-0.2, 0) is 23.9 Å². The molecule has 0 saturated carbocycles. The Balaban J connectivity index is 3.45. The third-order valence-electron chi connectivity index (χ3n) is 6.35. The van der Waals surface area contributed by atoms with E-state index in [9.17, 15) is 24.3 Å². The Hall–Kier alpha value is -2.94. The Morgan fingerprint density at radius 2 is 1.36 bits per heavy atom. The van der Waals surface area contributed by atoms with Crippen molar-refractivity contribution in [1.29, 1.82) is 0 Å². The predicted molar refractivity (Wildman–Crippen MR) is 148 cm³/mol. The van der Waals surface area contributed by atoms with Crippen LogP contribution in [0.4, 0.5) is 0 Å². The molecule has 9 nitrogen and oxygen atoms in total. The molecule has 0 amide bonds. The van der Waals surface area contributed by atoms with Crippen molar-refractivity contribution in [2.24, 2.45) is 27.9 Å². The van der Waals surface area contributed by atoms with Crippen molar-refractivity contribution in [2.45, 2.75) is 100 Å². The minimum Gasteiger partial charge on any atom is -0.480 e. The van der Waals surface area contributed by atoms with Crippen LogP contribution in [0, 0.1) is 22.2 Å². The summed E-state index contributed by atoms with van der Waals surface area (Å²) >= 11 is 0. The molecule has 9 heteroatoms. The van der Waals surface area contributed by atoms with Crippen molar-refractivity contribution in [3.8, 4) is 11.5 Å². The van der Waals surface area contributed by atoms with Crippen LogP contribution in [0.25, 0.3) is 0 Å². The summed E-state index contributed by atoms with van der Waals surface area (Å²) < 4.78 is 16.7. The van der Waals surface area contributed by atoms with Gasteiger partial charge < -0.3 is 25.1 Å². The summed E-state index contributed by atoms with van der Waals surface area (Å²) in [6.07, 6.45) is 0.814. The fourth-order valence-corrected chi connectivity index (χ4v) is 3.77. The van der Waals surface area contributed by atoms with Gasteiger partial charge in [-0.3, -0.25) is 19.2 Å². The summed E-state index contributed by atoms with van der Waals surface area (Å²) in [7, 11) is 0. The smallest absolute Gasteiger partial charge is 0.321 e. The second-order valence-corrected chi connectivity index (χ2v) is 13.3. The van der Waals surface area contributed by atoms with E-state index in [1.807, 2.05) is 48.5 Å². The zero-order valence-corrected chi connectivity index (χ0v) is 25.2. The molecule has 0 radical (unpaired) electrons. The first-order valence-corrected chi connectivity index (χ1v) is 13.4. The van der Waals surface area contributed by atoms with E-state index in [0.717, 1.165) is 0 Å². The largest absolute Gasteiger partial charge is 0.480 e. The molecule has 0 heterocycles. The van der Waals surface area contributed by atoms with Crippen LogP contribution in [-0.4, -0.2) is 41.6 Å². The Morgan fingerprint density at radius 1 is 0.872 bits per heavy atom. The maximum atomic E-state index is 12.7. The fourth-order valence-electron chi connectivity index (χ4n) is 3.77. The average molecular weight is 550 g/mol. The van der Waals surface area contributed by atoms with Gasteiger partial charge in [0.05, 0.1) is 24.9 Å². The summed E-state index contributed by atoms with van der Waals surface area (Å²) in [5.74, 6) is -3.93. The van der Waals surface area contributed by atoms with Crippen molar-refractivity contribution in [3.63, 3.8) is 0 Å². The van der Waals surface area contributed by atoms with E-state index < -0.39 is 47.2 Å². The number of carbonyl (C=O) groups is 4. The zero-order valence-electron chi connectivity index (χ0n) is 25.2. The van der Waals surface area contributed by atoms with Gasteiger partial charge in [0.25, 0.3) is 0 Å². The molecule has 3 atom stereocenters. The standard InChI is InChI=1S/C30H47NO8/c1-11-30(9,10)27(36)37-17-18(2)24(25(31)26(34)35)19-12-13-20(38-22(32)15-28(3,4)5)21(14-19)39-23(33)16-29(6,7)8/h12-14,18,24-25H,11,15-17,31H2,1-10H3,(H,34,35)/t18?,24?,25-/m0/s1. The predicted octanol–water partition coefficient (Wildman–Crippen LogP) is 5.48. The fraction of sp³-hybridized carbons (Fsp3) is 0.667. The molecule has 1 rings (SSSR count). The average Bonchev–Trinajstić information content (AvgIpc) is 2.76. The molecule has 1 aromatic carbocycles. The Labute approximate surface area is 232 Å². The molecule has 0 aliphatic heterocycles. The van der Waals surface area contributed by atoms with Crippen LogP contribution in [0.5, 0.6) is 11.5 Å². The molecule has 0 aliphatic rings. The maximum absolute atomic E-state index is 12.7. The SMILES string of the molecule is CCC(C)(C)C(=O)OCC(C)C(c1ccc(OC(=O)CC(C)(C)C)c(OC(=O)CC(C)(C)C)c1)[C@H](N)C(=O)O. The summed E-state index contributed by atoms with van der Waals surface area (Å²) in [6, 6.07) is 3.19. The molecule has 1 aromatic rings. The molecule has 0 spiro atoms. The molecule has 0 bridgehead atoms. The first-order valence-electron chi connectivity index (χ1n) is 13.4. The summed E-state index contributed by atoms with van der Waals surface area (Å²) in [5.41, 5.74) is 5.19. The van der Waals surface area contributed by atoms with Gasteiger partial charge >= 0.3 is 23.9 Å². The number of carboxylic acid groups (broad SMARTS) is 1. The van der Waals surface area contributed by atoms with E-state index in [1.165, 1.54) is 12.1 Å². The van der Waals surface area contributed by atoms with E-state index in [2.05, 4.69) is 0 Å². The summed E-state index contributed by atoms with van der Waals surface area (Å²) in [6.45, 7) is 18.5. The van der Waals surface area contributed by atoms with Gasteiger partial charge in [-0.15, -0.1) is 0 Å². The van der Waals surface area contributed by atoms with Gasteiger partial charge in [0.2, 0.25) is 0 Å². The van der Waals surface area contributed by atoms with Gasteiger partial charge in [0.1, 0.15) is 6.04 Å². The van der Waals surface area contributed by atoms with Gasteiger partial charge in [-0.2, -0.15) is 0 Å². The zero-order chi connectivity index (χ0) is 30.3. The molecular weight excluding hydrogens is 502 g/mol. The Kier molecular flexibility index (Phi) is 11.7. The van der Waals surface area contributed by atoms with Crippen molar-refractivity contribution in [2.75, 3.05) is 6.61 Å². The molecule has 3 N–H and O–H groups in total. The number of hydrogen-bond donors (Lipinski definition) is 2. The second kappa shape index (κ2) is 13.4. The van der Waals surface area contributed by atoms with Gasteiger partial charge in [-0.1, -0.05) is 61.5 Å². The van der Waals surface area contributed by atoms with Crippen molar-refractivity contribution in [3.05, 3.63) is 23.8 Å². The number of aliphatic carboxylic acids is 1. The number of nitrogens with two attached hydrogens (primary N) is 1. The number of hydrogen-bond acceptors (Lipinski definition) is 8. The van der Waals surface area contributed by atoms with Gasteiger partial charge in [0, 0.05) is 5.92 Å². The molecule has 0 saturated heterocycles. The lowest BCUT2D eigenvalue weighted by Gasteiger charge is -2.29. The molecule has 0 aromatic heterocycles. The third kappa shape index (κ3) is 11.4. The van der Waals surface area contributed by atoms with E-state index in [4.69, 9.17) is 19.9 Å². The number of carboxylic acids is 1. The quantitative estimate of drug-likeness (QED) is 0.256. The molecule has 0 fully saturated rings. The van der Waals surface area contributed by atoms with Crippen LogP contribution < -0.4 is 15.2 Å². The van der Waals surface area contributed by atoms with Gasteiger partial charge in [-0.05, 0) is 54.7 Å². The lowest BCUT2D eigenvalue weighted by atomic mass is 9.81. The van der Waals surface area contributed by atoms with Gasteiger partial charge in [-0.25, -0.2) is 0 Å². The van der Waals surface area contributed by atoms with E-state index in [-0.39, 0.29) is 41.8 Å². The van der Waals surface area contributed by atoms with E-state index >= 15 is 0 Å². The second-order valence-electron chi connectivity index (χ2n) is 13.3. The lowest BCUT2D eigenvalue weighted by Crippen LogP contribution is -2.41. The van der Waals surface area contributed by atoms with Crippen molar-refractivity contribution >= 4 is 23.9 Å². The summed E-state index contributed by atoms with van der Waals surface area (Å²) in [4.78, 5) is 49.7. The highest BCUT2D eigenvalue weighted by molar-refractivity contribution is 5.78. The molecule has 0 aliphatic carbocycles.